The van der Waals surface area contributed by atoms with Crippen LogP contribution in [0.3, 0.4) is 0 Å². The summed E-state index contributed by atoms with van der Waals surface area (Å²) in [6.45, 7) is 4.09. The summed E-state index contributed by atoms with van der Waals surface area (Å²) in [5.41, 5.74) is 10.9. The van der Waals surface area contributed by atoms with Gasteiger partial charge in [0.1, 0.15) is 22.5 Å². The molecule has 48 heavy (non-hydrogen) atoms. The van der Waals surface area contributed by atoms with Gasteiger partial charge in [0.2, 0.25) is 0 Å². The minimum atomic E-state index is -0.364. The van der Waals surface area contributed by atoms with E-state index in [1.165, 1.54) is 12.3 Å². The van der Waals surface area contributed by atoms with Crippen LogP contribution in [0.1, 0.15) is 0 Å². The van der Waals surface area contributed by atoms with Crippen molar-refractivity contribution in [2.24, 2.45) is 5.73 Å². The Labute approximate surface area is 293 Å². The number of rotatable bonds is 8. The number of hydrogen-bond donors (Lipinski definition) is 3. The van der Waals surface area contributed by atoms with Crippen LogP contribution in [0.4, 0.5) is 21.7 Å². The van der Waals surface area contributed by atoms with Crippen LogP contribution in [0.5, 0.6) is 0 Å². The van der Waals surface area contributed by atoms with Gasteiger partial charge in [0.25, 0.3) is 0 Å². The van der Waals surface area contributed by atoms with Gasteiger partial charge in [0.15, 0.2) is 11.3 Å². The van der Waals surface area contributed by atoms with Gasteiger partial charge in [0.05, 0.1) is 28.3 Å². The largest absolute Gasteiger partial charge is 0.340 e. The summed E-state index contributed by atoms with van der Waals surface area (Å²) in [4.78, 5) is 9.12. The first-order valence-corrected chi connectivity index (χ1v) is 16.1. The summed E-state index contributed by atoms with van der Waals surface area (Å²) in [7, 11) is 0. The molecule has 4 heterocycles. The maximum atomic E-state index is 14.1. The number of aromatic nitrogens is 6. The topological polar surface area (TPSA) is 110 Å². The Balaban J connectivity index is 0.000000167. The zero-order chi connectivity index (χ0) is 33.6. The second-order valence-electron chi connectivity index (χ2n) is 10.2. The molecule has 0 saturated carbocycles. The first-order chi connectivity index (χ1) is 23.4. The van der Waals surface area contributed by atoms with E-state index in [0.29, 0.717) is 45.0 Å². The van der Waals surface area contributed by atoms with Gasteiger partial charge in [-0.05, 0) is 58.4 Å². The summed E-state index contributed by atoms with van der Waals surface area (Å²) in [5.74, 6) is 1.02. The SMILES string of the molecule is C=C/C(=C\CN)Nc1cc(-c2ccccc2F)nc2c(Cl)cnn12.Clc1ccccc1-c1cc(Nc2ccccc2)n2ncc(Br)c2n1. The Morgan fingerprint density at radius 3 is 2.17 bits per heavy atom. The van der Waals surface area contributed by atoms with Gasteiger partial charge in [-0.2, -0.15) is 19.2 Å². The van der Waals surface area contributed by atoms with Gasteiger partial charge in [-0.15, -0.1) is 0 Å². The quantitative estimate of drug-likeness (QED) is 0.133. The molecule has 0 saturated heterocycles. The third-order valence-corrected chi connectivity index (χ3v) is 8.19. The number of fused-ring (bicyclic) bond motifs is 2. The van der Waals surface area contributed by atoms with Crippen LogP contribution in [-0.2, 0) is 0 Å². The third kappa shape index (κ3) is 7.09. The molecule has 3 aromatic carbocycles. The van der Waals surface area contributed by atoms with Gasteiger partial charge in [-0.3, -0.25) is 0 Å². The molecular weight excluding hydrogens is 716 g/mol. The average molecular weight is 743 g/mol. The van der Waals surface area contributed by atoms with E-state index in [9.17, 15) is 4.39 Å². The second kappa shape index (κ2) is 14.8. The van der Waals surface area contributed by atoms with Crippen molar-refractivity contribution in [3.63, 3.8) is 0 Å². The lowest BCUT2D eigenvalue weighted by Gasteiger charge is -2.12. The molecule has 240 valence electrons. The molecule has 0 amide bonds. The Bertz CT molecular complexity index is 2270. The molecule has 0 spiro atoms. The van der Waals surface area contributed by atoms with Gasteiger partial charge >= 0.3 is 0 Å². The summed E-state index contributed by atoms with van der Waals surface area (Å²) in [5, 5.41) is 16.2. The highest BCUT2D eigenvalue weighted by Gasteiger charge is 2.15. The van der Waals surface area contributed by atoms with E-state index in [2.05, 4.69) is 48.3 Å². The first-order valence-electron chi connectivity index (χ1n) is 14.6. The van der Waals surface area contributed by atoms with Crippen LogP contribution in [0.25, 0.3) is 33.8 Å². The van der Waals surface area contributed by atoms with E-state index in [0.717, 1.165) is 32.9 Å². The lowest BCUT2D eigenvalue weighted by molar-refractivity contribution is 0.630. The van der Waals surface area contributed by atoms with Crippen molar-refractivity contribution >= 4 is 67.7 Å². The normalized spacial score (nSPS) is 11.3. The Hall–Kier alpha value is -5.07. The molecule has 9 nitrogen and oxygen atoms in total. The van der Waals surface area contributed by atoms with Crippen LogP contribution >= 0.6 is 39.1 Å². The zero-order valence-electron chi connectivity index (χ0n) is 25.2. The molecule has 0 aliphatic rings. The first kappa shape index (κ1) is 32.9. The van der Waals surface area contributed by atoms with Crippen molar-refractivity contribution in [3.05, 3.63) is 148 Å². The molecule has 7 rings (SSSR count). The van der Waals surface area contributed by atoms with Crippen LogP contribution in [0.15, 0.2) is 132 Å². The van der Waals surface area contributed by atoms with Crippen molar-refractivity contribution in [3.8, 4) is 22.5 Å². The molecule has 0 radical (unpaired) electrons. The molecule has 4 aromatic heterocycles. The van der Waals surface area contributed by atoms with E-state index in [1.807, 2.05) is 60.7 Å². The summed E-state index contributed by atoms with van der Waals surface area (Å²) in [6.07, 6.45) is 6.62. The van der Waals surface area contributed by atoms with Gasteiger partial charge < -0.3 is 16.4 Å². The van der Waals surface area contributed by atoms with Crippen molar-refractivity contribution in [2.45, 2.75) is 0 Å². The van der Waals surface area contributed by atoms with Crippen molar-refractivity contribution in [1.29, 1.82) is 0 Å². The van der Waals surface area contributed by atoms with Crippen LogP contribution < -0.4 is 16.4 Å². The number of hydrogen-bond acceptors (Lipinski definition) is 7. The maximum Gasteiger partial charge on any atom is 0.176 e. The number of allylic oxidation sites excluding steroid dienone is 1. The number of para-hydroxylation sites is 1. The van der Waals surface area contributed by atoms with Crippen LogP contribution in [-0.4, -0.2) is 35.7 Å². The lowest BCUT2D eigenvalue weighted by Crippen LogP contribution is -2.07. The predicted octanol–water partition coefficient (Wildman–Crippen LogP) is 9.19. The van der Waals surface area contributed by atoms with E-state index in [4.69, 9.17) is 33.9 Å². The monoisotopic (exact) mass is 741 g/mol. The van der Waals surface area contributed by atoms with E-state index in [1.54, 1.807) is 51.6 Å². The molecule has 13 heteroatoms. The Morgan fingerprint density at radius 1 is 0.812 bits per heavy atom. The maximum absolute atomic E-state index is 14.1. The van der Waals surface area contributed by atoms with Crippen LogP contribution in [0, 0.1) is 5.82 Å². The highest BCUT2D eigenvalue weighted by Crippen LogP contribution is 2.31. The van der Waals surface area contributed by atoms with Crippen molar-refractivity contribution < 1.29 is 4.39 Å². The number of halogens is 4. The van der Waals surface area contributed by atoms with Crippen molar-refractivity contribution in [2.75, 3.05) is 17.2 Å². The highest BCUT2D eigenvalue weighted by molar-refractivity contribution is 9.10. The average Bonchev–Trinajstić information content (AvgIpc) is 3.67. The zero-order valence-corrected chi connectivity index (χ0v) is 28.3. The highest BCUT2D eigenvalue weighted by atomic mass is 79.9. The lowest BCUT2D eigenvalue weighted by atomic mass is 10.1. The molecule has 0 bridgehead atoms. The standard InChI is InChI=1S/C18H12BrClN4.C17H15ClFN5/c19-14-11-21-24-17(22-12-6-2-1-3-7-12)10-16(23-18(14)24)13-8-4-5-9-15(13)20;1-2-11(7-8-20)22-16-9-15(12-5-3-4-6-14(12)19)23-17-13(18)10-21-24(16)17/h1-11,22H;2-7,9-10,22H,1,8,20H2/b;11-7+. The Morgan fingerprint density at radius 2 is 1.44 bits per heavy atom. The van der Waals surface area contributed by atoms with Gasteiger partial charge in [0, 0.05) is 46.2 Å². The summed E-state index contributed by atoms with van der Waals surface area (Å²) < 4.78 is 18.3. The molecule has 0 aliphatic heterocycles. The van der Waals surface area contributed by atoms with E-state index >= 15 is 0 Å². The molecule has 0 fully saturated rings. The minimum Gasteiger partial charge on any atom is -0.340 e. The Kier molecular flexibility index (Phi) is 10.1. The molecule has 4 N–H and O–H groups in total. The van der Waals surface area contributed by atoms with Crippen LogP contribution in [0.2, 0.25) is 10.0 Å². The fourth-order valence-corrected chi connectivity index (χ4v) is 5.54. The van der Waals surface area contributed by atoms with Crippen molar-refractivity contribution in [1.82, 2.24) is 29.2 Å². The fraction of sp³-hybridized carbons (Fsp3) is 0.0286. The number of nitrogens with two attached hydrogens (primary N) is 1. The molecular formula is C35H27BrCl2FN9. The minimum absolute atomic E-state index is 0.350. The van der Waals surface area contributed by atoms with Gasteiger partial charge in [-0.25, -0.2) is 14.4 Å². The van der Waals surface area contributed by atoms with E-state index < -0.39 is 0 Å². The number of nitrogens with zero attached hydrogens (tertiary/aromatic N) is 6. The summed E-state index contributed by atoms with van der Waals surface area (Å²) >= 11 is 16.0. The molecule has 7 aromatic rings. The smallest absolute Gasteiger partial charge is 0.176 e. The third-order valence-electron chi connectivity index (χ3n) is 7.03. The van der Waals surface area contributed by atoms with E-state index in [-0.39, 0.29) is 5.82 Å². The van der Waals surface area contributed by atoms with Gasteiger partial charge in [-0.1, -0.05) is 78.3 Å². The second-order valence-corrected chi connectivity index (χ2v) is 11.9. The molecule has 0 atom stereocenters. The number of benzene rings is 3. The molecule has 0 unspecified atom stereocenters. The number of nitrogens with one attached hydrogen (secondary N) is 2. The molecule has 0 aliphatic carbocycles. The predicted molar refractivity (Wildman–Crippen MR) is 195 cm³/mol. The fourth-order valence-electron chi connectivity index (χ4n) is 4.79. The summed E-state index contributed by atoms with van der Waals surface area (Å²) in [6, 6.07) is 27.7. The number of anilines is 3.